The van der Waals surface area contributed by atoms with Crippen LogP contribution in [-0.2, 0) is 14.4 Å². The molecule has 170 valence electrons. The van der Waals surface area contributed by atoms with E-state index in [1.54, 1.807) is 40.1 Å². The quantitative estimate of drug-likeness (QED) is 0.330. The largest absolute Gasteiger partial charge is 0.510 e. The molecule has 0 heterocycles. The Morgan fingerprint density at radius 2 is 1.72 bits per heavy atom. The van der Waals surface area contributed by atoms with Crippen molar-refractivity contribution < 1.29 is 34.8 Å². The van der Waals surface area contributed by atoms with Crippen LogP contribution in [0, 0.1) is 24.7 Å². The number of aliphatic hydroxyl groups is 3. The van der Waals surface area contributed by atoms with Gasteiger partial charge in [-0.25, -0.2) is 0 Å². The van der Waals surface area contributed by atoms with Crippen molar-refractivity contribution in [1.82, 2.24) is 4.90 Å². The first-order chi connectivity index (χ1) is 14.9. The predicted molar refractivity (Wildman–Crippen MR) is 114 cm³/mol. The van der Waals surface area contributed by atoms with E-state index in [-0.39, 0.29) is 16.9 Å². The Labute approximate surface area is 184 Å². The van der Waals surface area contributed by atoms with Gasteiger partial charge >= 0.3 is 0 Å². The Balaban J connectivity index is 1.99. The summed E-state index contributed by atoms with van der Waals surface area (Å²) in [5.74, 6) is -8.07. The number of amides is 1. The zero-order valence-electron chi connectivity index (χ0n) is 18.2. The van der Waals surface area contributed by atoms with Gasteiger partial charge in [-0.2, -0.15) is 0 Å². The number of hydrogen-bond acceptors (Lipinski definition) is 8. The SMILES string of the molecule is Cc1ccc2c(c1O)C(O)=C1C(=O)C3C(=O)C(C(N)=O)=C(O)C(N(C)C)C3C(O)C1C2C. The Hall–Kier alpha value is -3.17. The minimum Gasteiger partial charge on any atom is -0.510 e. The maximum atomic E-state index is 13.6. The van der Waals surface area contributed by atoms with E-state index < -0.39 is 70.4 Å². The Bertz CT molecular complexity index is 1130. The molecule has 4 rings (SSSR count). The van der Waals surface area contributed by atoms with E-state index in [0.717, 1.165) is 0 Å². The van der Waals surface area contributed by atoms with Gasteiger partial charge in [0.2, 0.25) is 0 Å². The zero-order chi connectivity index (χ0) is 23.8. The van der Waals surface area contributed by atoms with Gasteiger partial charge in [-0.1, -0.05) is 19.1 Å². The molecule has 6 unspecified atom stereocenters. The second-order valence-electron chi connectivity index (χ2n) is 9.08. The fourth-order valence-electron chi connectivity index (χ4n) is 5.71. The minimum atomic E-state index is -1.51. The molecule has 1 amide bonds. The third-order valence-electron chi connectivity index (χ3n) is 7.19. The molecule has 9 nitrogen and oxygen atoms in total. The van der Waals surface area contributed by atoms with E-state index >= 15 is 0 Å². The number of phenols is 1. The number of nitrogens with two attached hydrogens (primary N) is 1. The van der Waals surface area contributed by atoms with E-state index in [0.29, 0.717) is 11.1 Å². The van der Waals surface area contributed by atoms with E-state index in [9.17, 15) is 34.8 Å². The molecular weight excluding hydrogens is 416 g/mol. The molecule has 0 spiro atoms. The van der Waals surface area contributed by atoms with Crippen molar-refractivity contribution >= 4 is 23.2 Å². The summed E-state index contributed by atoms with van der Waals surface area (Å²) >= 11 is 0. The molecule has 1 aromatic carbocycles. The van der Waals surface area contributed by atoms with Gasteiger partial charge in [-0.05, 0) is 38.1 Å². The van der Waals surface area contributed by atoms with Crippen molar-refractivity contribution in [3.05, 3.63) is 45.7 Å². The number of fused-ring (bicyclic) bond motifs is 3. The molecule has 0 aliphatic heterocycles. The number of aromatic hydroxyl groups is 1. The van der Waals surface area contributed by atoms with Crippen molar-refractivity contribution in [2.75, 3.05) is 14.1 Å². The number of aliphatic hydroxyl groups excluding tert-OH is 3. The van der Waals surface area contributed by atoms with Crippen LogP contribution in [0.3, 0.4) is 0 Å². The fourth-order valence-corrected chi connectivity index (χ4v) is 5.71. The lowest BCUT2D eigenvalue weighted by molar-refractivity contribution is -0.143. The van der Waals surface area contributed by atoms with E-state index in [1.165, 1.54) is 4.90 Å². The maximum absolute atomic E-state index is 13.6. The average molecular weight is 442 g/mol. The van der Waals surface area contributed by atoms with Crippen molar-refractivity contribution in [1.29, 1.82) is 0 Å². The number of primary amides is 1. The Morgan fingerprint density at radius 3 is 2.28 bits per heavy atom. The minimum absolute atomic E-state index is 0.101. The lowest BCUT2D eigenvalue weighted by atomic mass is 9.56. The number of likely N-dealkylation sites (N-methyl/N-ethyl adjacent to an activating group) is 1. The number of ketones is 2. The van der Waals surface area contributed by atoms with Crippen LogP contribution in [0.4, 0.5) is 0 Å². The zero-order valence-corrected chi connectivity index (χ0v) is 18.2. The third-order valence-corrected chi connectivity index (χ3v) is 7.19. The van der Waals surface area contributed by atoms with Crippen molar-refractivity contribution in [3.8, 4) is 5.75 Å². The van der Waals surface area contributed by atoms with Gasteiger partial charge in [-0.15, -0.1) is 0 Å². The Kier molecular flexibility index (Phi) is 4.94. The number of nitrogens with zero attached hydrogens (tertiary/aromatic N) is 1. The molecular formula is C23H26N2O7. The van der Waals surface area contributed by atoms with Crippen molar-refractivity contribution in [3.63, 3.8) is 0 Å². The summed E-state index contributed by atoms with van der Waals surface area (Å²) in [6.07, 6.45) is -1.31. The number of benzene rings is 1. The predicted octanol–water partition coefficient (Wildman–Crippen LogP) is 0.689. The average Bonchev–Trinajstić information content (AvgIpc) is 2.69. The number of carbonyl (C=O) groups excluding carboxylic acids is 3. The lowest BCUT2D eigenvalue weighted by Gasteiger charge is -2.50. The Morgan fingerprint density at radius 1 is 1.09 bits per heavy atom. The van der Waals surface area contributed by atoms with Crippen LogP contribution >= 0.6 is 0 Å². The number of carbonyl (C=O) groups is 3. The monoisotopic (exact) mass is 442 g/mol. The van der Waals surface area contributed by atoms with Crippen LogP contribution in [0.1, 0.15) is 29.5 Å². The molecule has 9 heteroatoms. The second kappa shape index (κ2) is 7.18. The molecule has 6 N–H and O–H groups in total. The van der Waals surface area contributed by atoms with Gasteiger partial charge in [0.25, 0.3) is 5.91 Å². The molecule has 6 atom stereocenters. The van der Waals surface area contributed by atoms with Crippen molar-refractivity contribution in [2.45, 2.75) is 31.9 Å². The van der Waals surface area contributed by atoms with Gasteiger partial charge in [0, 0.05) is 17.4 Å². The summed E-state index contributed by atoms with van der Waals surface area (Å²) in [4.78, 5) is 40.3. The molecule has 1 aromatic rings. The summed E-state index contributed by atoms with van der Waals surface area (Å²) in [7, 11) is 3.18. The van der Waals surface area contributed by atoms with E-state index in [2.05, 4.69) is 0 Å². The van der Waals surface area contributed by atoms with Crippen LogP contribution in [0.15, 0.2) is 29.0 Å². The first-order valence-electron chi connectivity index (χ1n) is 10.3. The molecule has 0 aromatic heterocycles. The normalized spacial score (nSPS) is 32.1. The summed E-state index contributed by atoms with van der Waals surface area (Å²) in [5, 5.41) is 43.8. The molecule has 0 radical (unpaired) electrons. The van der Waals surface area contributed by atoms with Gasteiger partial charge in [0.05, 0.1) is 23.6 Å². The third kappa shape index (κ3) is 2.67. The van der Waals surface area contributed by atoms with E-state index in [4.69, 9.17) is 5.73 Å². The first kappa shape index (κ1) is 22.0. The number of phenolic OH excluding ortho intramolecular Hbond substituents is 1. The topological polar surface area (TPSA) is 161 Å². The van der Waals surface area contributed by atoms with Crippen LogP contribution in [0.25, 0.3) is 5.76 Å². The number of hydrogen-bond donors (Lipinski definition) is 5. The van der Waals surface area contributed by atoms with Crippen molar-refractivity contribution in [2.24, 2.45) is 23.5 Å². The summed E-state index contributed by atoms with van der Waals surface area (Å²) < 4.78 is 0. The van der Waals surface area contributed by atoms with Gasteiger partial charge in [0.1, 0.15) is 22.8 Å². The number of aryl methyl sites for hydroxylation is 1. The summed E-state index contributed by atoms with van der Waals surface area (Å²) in [6, 6.07) is 2.40. The highest BCUT2D eigenvalue weighted by Crippen LogP contribution is 2.54. The number of Topliss-reactive ketones (excluding diaryl/α,β-unsaturated/α-hetero) is 2. The van der Waals surface area contributed by atoms with Crippen LogP contribution in [-0.4, -0.2) is 69.0 Å². The van der Waals surface area contributed by atoms with Crippen LogP contribution < -0.4 is 5.73 Å². The molecule has 32 heavy (non-hydrogen) atoms. The summed E-state index contributed by atoms with van der Waals surface area (Å²) in [5.41, 5.74) is 5.65. The molecule has 3 aliphatic carbocycles. The first-order valence-corrected chi connectivity index (χ1v) is 10.3. The van der Waals surface area contributed by atoms with Gasteiger partial charge < -0.3 is 26.2 Å². The fraction of sp³-hybridized carbons (Fsp3) is 0.435. The second-order valence-corrected chi connectivity index (χ2v) is 9.08. The molecule has 0 bridgehead atoms. The molecule has 1 saturated carbocycles. The van der Waals surface area contributed by atoms with Gasteiger partial charge in [-0.3, -0.25) is 19.3 Å². The lowest BCUT2D eigenvalue weighted by Crippen LogP contribution is -2.61. The smallest absolute Gasteiger partial charge is 0.255 e. The highest BCUT2D eigenvalue weighted by Gasteiger charge is 2.60. The van der Waals surface area contributed by atoms with E-state index in [1.807, 2.05) is 0 Å². The standard InChI is InChI=1S/C23H26N2O7/c1-7-5-6-9-8(2)10-13(19(28)11(9)17(7)26)20(29)14-12(18(10)27)16(25(3)4)22(31)15(21(14)30)23(24)32/h5-6,8,10,12,14,16,18,26-28,31H,1-4H3,(H2,24,32). The highest BCUT2D eigenvalue weighted by molar-refractivity contribution is 6.28. The number of rotatable bonds is 2. The molecule has 1 fully saturated rings. The molecule has 3 aliphatic rings. The van der Waals surface area contributed by atoms with Crippen LogP contribution in [0.5, 0.6) is 5.75 Å². The van der Waals surface area contributed by atoms with Gasteiger partial charge in [0.15, 0.2) is 11.6 Å². The summed E-state index contributed by atoms with van der Waals surface area (Å²) in [6.45, 7) is 3.42. The highest BCUT2D eigenvalue weighted by atomic mass is 16.3. The molecule has 0 saturated heterocycles. The maximum Gasteiger partial charge on any atom is 0.255 e. The van der Waals surface area contributed by atoms with Crippen LogP contribution in [0.2, 0.25) is 0 Å².